The van der Waals surface area contributed by atoms with Crippen molar-refractivity contribution in [3.05, 3.63) is 53.7 Å². The Labute approximate surface area is 110 Å². The number of para-hydroxylation sites is 1. The van der Waals surface area contributed by atoms with E-state index in [0.717, 1.165) is 11.3 Å². The molecule has 1 N–H and O–H groups in total. The predicted octanol–water partition coefficient (Wildman–Crippen LogP) is 2.65. The van der Waals surface area contributed by atoms with Gasteiger partial charge in [-0.3, -0.25) is 4.79 Å². The highest BCUT2D eigenvalue weighted by Crippen LogP contribution is 2.24. The van der Waals surface area contributed by atoms with E-state index >= 15 is 0 Å². The van der Waals surface area contributed by atoms with E-state index in [1.165, 1.54) is 0 Å². The summed E-state index contributed by atoms with van der Waals surface area (Å²) in [5, 5.41) is 2.86. The number of nitrogens with one attached hydrogen (secondary N) is 1. The quantitative estimate of drug-likeness (QED) is 0.794. The van der Waals surface area contributed by atoms with Gasteiger partial charge in [0, 0.05) is 17.4 Å². The van der Waals surface area contributed by atoms with Gasteiger partial charge in [0.15, 0.2) is 0 Å². The van der Waals surface area contributed by atoms with Crippen molar-refractivity contribution in [3.63, 3.8) is 0 Å². The lowest BCUT2D eigenvalue weighted by Gasteiger charge is -2.17. The smallest absolute Gasteiger partial charge is 0.261 e. The molecule has 0 spiro atoms. The highest BCUT2D eigenvalue weighted by Gasteiger charge is 2.18. The van der Waals surface area contributed by atoms with Crippen LogP contribution in [0.5, 0.6) is 5.88 Å². The molecule has 1 aromatic heterocycles. The van der Waals surface area contributed by atoms with Crippen LogP contribution in [0.15, 0.2) is 42.6 Å². The Hall–Kier alpha value is -2.07. The van der Waals surface area contributed by atoms with Crippen molar-refractivity contribution in [1.29, 1.82) is 0 Å². The van der Waals surface area contributed by atoms with Crippen molar-refractivity contribution in [2.75, 3.05) is 5.32 Å². The second-order valence-corrected chi connectivity index (χ2v) is 3.76. The van der Waals surface area contributed by atoms with E-state index in [9.17, 15) is 4.79 Å². The number of rotatable bonds is 0. The van der Waals surface area contributed by atoms with E-state index in [-0.39, 0.29) is 18.3 Å². The number of carbonyl (C=O) groups is 1. The van der Waals surface area contributed by atoms with Crippen LogP contribution in [0.4, 0.5) is 5.69 Å². The second kappa shape index (κ2) is 5.06. The summed E-state index contributed by atoms with van der Waals surface area (Å²) in [4.78, 5) is 16.1. The fraction of sp³-hybridized carbons (Fsp3) is 0.0769. The van der Waals surface area contributed by atoms with Crippen LogP contribution in [0.2, 0.25) is 0 Å². The third kappa shape index (κ3) is 2.15. The summed E-state index contributed by atoms with van der Waals surface area (Å²) in [6.45, 7) is 0.403. The average Bonchev–Trinajstić information content (AvgIpc) is 2.36. The Bertz CT molecular complexity index is 587. The molecule has 18 heavy (non-hydrogen) atoms. The van der Waals surface area contributed by atoms with Crippen molar-refractivity contribution in [2.24, 2.45) is 0 Å². The number of fused-ring (bicyclic) bond motifs is 2. The lowest BCUT2D eigenvalue weighted by atomic mass is 10.1. The summed E-state index contributed by atoms with van der Waals surface area (Å²) < 4.78 is 5.55. The molecule has 4 nitrogen and oxygen atoms in total. The Morgan fingerprint density at radius 3 is 2.89 bits per heavy atom. The van der Waals surface area contributed by atoms with Gasteiger partial charge in [-0.25, -0.2) is 4.98 Å². The number of pyridine rings is 1. The Balaban J connectivity index is 0.00000120. The maximum absolute atomic E-state index is 12.0. The van der Waals surface area contributed by atoms with Crippen LogP contribution in [-0.2, 0) is 6.61 Å². The molecule has 1 aromatic carbocycles. The number of hydrogen-bond acceptors (Lipinski definition) is 3. The van der Waals surface area contributed by atoms with Crippen LogP contribution in [0, 0.1) is 0 Å². The van der Waals surface area contributed by atoms with Crippen LogP contribution in [0.1, 0.15) is 15.9 Å². The topological polar surface area (TPSA) is 51.2 Å². The van der Waals surface area contributed by atoms with Gasteiger partial charge in [0.05, 0.1) is 0 Å². The maximum atomic E-state index is 12.0. The van der Waals surface area contributed by atoms with E-state index in [1.54, 1.807) is 18.3 Å². The number of nitrogens with zero attached hydrogens (tertiary/aromatic N) is 1. The van der Waals surface area contributed by atoms with E-state index in [0.29, 0.717) is 18.1 Å². The molecule has 92 valence electrons. The summed E-state index contributed by atoms with van der Waals surface area (Å²) >= 11 is 0. The minimum atomic E-state index is -0.194. The van der Waals surface area contributed by atoms with Gasteiger partial charge in [0.1, 0.15) is 12.2 Å². The molecule has 3 rings (SSSR count). The van der Waals surface area contributed by atoms with Crippen molar-refractivity contribution < 1.29 is 9.53 Å². The molecule has 0 radical (unpaired) electrons. The van der Waals surface area contributed by atoms with Crippen molar-refractivity contribution >= 4 is 24.0 Å². The number of amides is 1. The third-order valence-electron chi connectivity index (χ3n) is 2.65. The largest absolute Gasteiger partial charge is 0.472 e. The molecule has 5 heteroatoms. The molecular weight excluding hydrogens is 252 g/mol. The van der Waals surface area contributed by atoms with Gasteiger partial charge in [-0.05, 0) is 18.2 Å². The minimum absolute atomic E-state index is 0. The van der Waals surface area contributed by atoms with Crippen LogP contribution in [0.3, 0.4) is 0 Å². The first-order valence-corrected chi connectivity index (χ1v) is 5.31. The lowest BCUT2D eigenvalue weighted by Crippen LogP contribution is -2.18. The zero-order valence-corrected chi connectivity index (χ0v) is 10.2. The molecule has 0 saturated heterocycles. The minimum Gasteiger partial charge on any atom is -0.472 e. The number of anilines is 1. The summed E-state index contributed by atoms with van der Waals surface area (Å²) in [6, 6.07) is 11.0. The predicted molar refractivity (Wildman–Crippen MR) is 70.2 cm³/mol. The fourth-order valence-electron chi connectivity index (χ4n) is 1.78. The van der Waals surface area contributed by atoms with E-state index < -0.39 is 0 Å². The molecule has 0 bridgehead atoms. The van der Waals surface area contributed by atoms with Gasteiger partial charge in [0.2, 0.25) is 5.88 Å². The number of aromatic nitrogens is 1. The van der Waals surface area contributed by atoms with E-state index in [4.69, 9.17) is 4.74 Å². The normalized spacial score (nSPS) is 12.8. The van der Waals surface area contributed by atoms with Gasteiger partial charge in [0.25, 0.3) is 5.91 Å². The standard InChI is InChI=1S/C13H10N2O2.ClH/c16-12-10-5-3-7-14-13(10)17-8-9-4-1-2-6-11(9)15-12;/h1-7H,8H2,(H,15,16);1H. The lowest BCUT2D eigenvalue weighted by molar-refractivity contribution is 0.101. The Morgan fingerprint density at radius 2 is 2.00 bits per heavy atom. The number of carbonyl (C=O) groups excluding carboxylic acids is 1. The van der Waals surface area contributed by atoms with Crippen LogP contribution in [-0.4, -0.2) is 10.9 Å². The molecule has 1 aliphatic heterocycles. The summed E-state index contributed by atoms with van der Waals surface area (Å²) in [7, 11) is 0. The van der Waals surface area contributed by atoms with Gasteiger partial charge < -0.3 is 10.1 Å². The zero-order chi connectivity index (χ0) is 11.7. The van der Waals surface area contributed by atoms with E-state index in [2.05, 4.69) is 10.3 Å². The van der Waals surface area contributed by atoms with Crippen LogP contribution >= 0.6 is 12.4 Å². The van der Waals surface area contributed by atoms with Gasteiger partial charge in [-0.2, -0.15) is 0 Å². The molecule has 1 aliphatic rings. The number of halogens is 1. The number of ether oxygens (including phenoxy) is 1. The van der Waals surface area contributed by atoms with Crippen LogP contribution < -0.4 is 10.1 Å². The SMILES string of the molecule is Cl.O=C1Nc2ccccc2COc2ncccc21. The maximum Gasteiger partial charge on any atom is 0.261 e. The van der Waals surface area contributed by atoms with Gasteiger partial charge >= 0.3 is 0 Å². The molecule has 0 atom stereocenters. The summed E-state index contributed by atoms with van der Waals surface area (Å²) in [5.41, 5.74) is 2.19. The number of benzene rings is 1. The Morgan fingerprint density at radius 1 is 1.17 bits per heavy atom. The third-order valence-corrected chi connectivity index (χ3v) is 2.65. The molecule has 0 unspecified atom stereocenters. The summed E-state index contributed by atoms with van der Waals surface area (Å²) in [6.07, 6.45) is 1.61. The first kappa shape index (κ1) is 12.4. The van der Waals surface area contributed by atoms with Gasteiger partial charge in [-0.15, -0.1) is 12.4 Å². The fourth-order valence-corrected chi connectivity index (χ4v) is 1.78. The molecule has 0 aliphatic carbocycles. The van der Waals surface area contributed by atoms with Crippen molar-refractivity contribution in [3.8, 4) is 5.88 Å². The first-order valence-electron chi connectivity index (χ1n) is 5.31. The highest BCUT2D eigenvalue weighted by molar-refractivity contribution is 6.06. The van der Waals surface area contributed by atoms with Crippen LogP contribution in [0.25, 0.3) is 0 Å². The van der Waals surface area contributed by atoms with Crippen molar-refractivity contribution in [2.45, 2.75) is 6.61 Å². The van der Waals surface area contributed by atoms with E-state index in [1.807, 2.05) is 24.3 Å². The zero-order valence-electron chi connectivity index (χ0n) is 9.42. The number of hydrogen-bond donors (Lipinski definition) is 1. The molecule has 0 saturated carbocycles. The molecular formula is C13H11ClN2O2. The average molecular weight is 263 g/mol. The molecule has 1 amide bonds. The Kier molecular flexibility index (Phi) is 3.48. The molecule has 2 aromatic rings. The summed E-state index contributed by atoms with van der Waals surface area (Å²) in [5.74, 6) is 0.180. The van der Waals surface area contributed by atoms with Gasteiger partial charge in [-0.1, -0.05) is 18.2 Å². The molecule has 2 heterocycles. The first-order chi connectivity index (χ1) is 8.34. The second-order valence-electron chi connectivity index (χ2n) is 3.76. The van der Waals surface area contributed by atoms with Crippen molar-refractivity contribution in [1.82, 2.24) is 4.98 Å². The molecule has 0 fully saturated rings. The monoisotopic (exact) mass is 262 g/mol. The highest BCUT2D eigenvalue weighted by atomic mass is 35.5.